The van der Waals surface area contributed by atoms with E-state index in [4.69, 9.17) is 26.2 Å². The molecule has 0 bridgehead atoms. The van der Waals surface area contributed by atoms with Gasteiger partial charge in [0, 0.05) is 18.8 Å². The fraction of sp³-hybridized carbons (Fsp3) is 0.333. The molecular weight excluding hydrogens is 633 g/mol. The summed E-state index contributed by atoms with van der Waals surface area (Å²) in [6, 6.07) is 13.3. The number of carbonyl (C=O) groups is 2. The molecule has 1 unspecified atom stereocenters. The number of nitrogens with zero attached hydrogens (tertiary/aromatic N) is 3. The number of halogens is 2. The standard InChI is InChI=1S/C30H28ClFN4O3S.C3H7NO2/c1-30(2,3)39-29(37)36-13-5-8-22(36)10-11-23-16-25-27(40-23)28(34-18-33-25)35-21-9-12-26(24(31)15-21)38-17-19-6-4-7-20(32)14-19;1-2-4-3(5)6/h4,6-7,9,12,14-16,18,22H,5,8,13,17H2,1-3H3,(H,33,34,35);4H,2H2,1H3,(H,5,6). The summed E-state index contributed by atoms with van der Waals surface area (Å²) >= 11 is 7.94. The topological polar surface area (TPSA) is 126 Å². The highest BCUT2D eigenvalue weighted by Gasteiger charge is 2.31. The lowest BCUT2D eigenvalue weighted by atomic mass is 10.2. The zero-order chi connectivity index (χ0) is 33.3. The summed E-state index contributed by atoms with van der Waals surface area (Å²) in [6.07, 6.45) is 1.90. The number of rotatable bonds is 6. The zero-order valence-corrected chi connectivity index (χ0v) is 27.5. The molecule has 0 radical (unpaired) electrons. The van der Waals surface area contributed by atoms with E-state index in [9.17, 15) is 14.0 Å². The maximum absolute atomic E-state index is 13.4. The molecule has 5 rings (SSSR count). The van der Waals surface area contributed by atoms with Crippen molar-refractivity contribution in [2.24, 2.45) is 0 Å². The van der Waals surface area contributed by atoms with Gasteiger partial charge in [-0.15, -0.1) is 11.3 Å². The number of nitrogens with one attached hydrogen (secondary N) is 2. The molecule has 1 fully saturated rings. The van der Waals surface area contributed by atoms with Crippen LogP contribution < -0.4 is 15.4 Å². The summed E-state index contributed by atoms with van der Waals surface area (Å²) in [4.78, 5) is 33.4. The van der Waals surface area contributed by atoms with E-state index in [1.807, 2.05) is 32.9 Å². The van der Waals surface area contributed by atoms with Gasteiger partial charge in [0.15, 0.2) is 5.82 Å². The van der Waals surface area contributed by atoms with Gasteiger partial charge in [0.25, 0.3) is 0 Å². The summed E-state index contributed by atoms with van der Waals surface area (Å²) in [6.45, 7) is 8.62. The fourth-order valence-corrected chi connectivity index (χ4v) is 5.54. The normalized spacial score (nSPS) is 14.0. The van der Waals surface area contributed by atoms with Crippen molar-refractivity contribution in [2.75, 3.05) is 18.4 Å². The molecule has 0 spiro atoms. The summed E-state index contributed by atoms with van der Waals surface area (Å²) in [5.74, 6) is 7.28. The fourth-order valence-electron chi connectivity index (χ4n) is 4.39. The summed E-state index contributed by atoms with van der Waals surface area (Å²) < 4.78 is 25.6. The van der Waals surface area contributed by atoms with Gasteiger partial charge in [0.05, 0.1) is 26.2 Å². The summed E-state index contributed by atoms with van der Waals surface area (Å²) in [5.41, 5.74) is 1.65. The monoisotopic (exact) mass is 667 g/mol. The second kappa shape index (κ2) is 15.6. The van der Waals surface area contributed by atoms with Crippen molar-refractivity contribution in [2.45, 2.75) is 58.8 Å². The predicted molar refractivity (Wildman–Crippen MR) is 177 cm³/mol. The first-order chi connectivity index (χ1) is 21.9. The Morgan fingerprint density at radius 3 is 2.67 bits per heavy atom. The van der Waals surface area contributed by atoms with Crippen LogP contribution in [0.2, 0.25) is 5.02 Å². The van der Waals surface area contributed by atoms with Crippen molar-refractivity contribution in [1.82, 2.24) is 20.2 Å². The Bertz CT molecular complexity index is 1750. The molecule has 10 nitrogen and oxygen atoms in total. The Morgan fingerprint density at radius 1 is 1.20 bits per heavy atom. The number of amides is 2. The van der Waals surface area contributed by atoms with Crippen molar-refractivity contribution in [3.05, 3.63) is 76.1 Å². The van der Waals surface area contributed by atoms with Crippen LogP contribution in [-0.2, 0) is 11.3 Å². The van der Waals surface area contributed by atoms with E-state index in [0.717, 1.165) is 33.6 Å². The van der Waals surface area contributed by atoms with E-state index in [1.54, 1.807) is 36.1 Å². The first kappa shape index (κ1) is 34.3. The van der Waals surface area contributed by atoms with Crippen LogP contribution in [0.4, 0.5) is 25.5 Å². The molecule has 1 atom stereocenters. The largest absolute Gasteiger partial charge is 0.487 e. The first-order valence-corrected chi connectivity index (χ1v) is 15.8. The SMILES string of the molecule is CC(C)(C)OC(=O)N1CCCC1C#Cc1cc2ncnc(Nc3ccc(OCc4cccc(F)c4)c(Cl)c3)c2s1.CCNC(=O)O. The number of hydrogen-bond acceptors (Lipinski definition) is 8. The smallest absolute Gasteiger partial charge is 0.411 e. The van der Waals surface area contributed by atoms with E-state index >= 15 is 0 Å². The molecule has 1 saturated heterocycles. The van der Waals surface area contributed by atoms with Crippen LogP contribution in [0.25, 0.3) is 10.2 Å². The number of hydrogen-bond donors (Lipinski definition) is 3. The van der Waals surface area contributed by atoms with Crippen LogP contribution in [0.5, 0.6) is 5.75 Å². The Morgan fingerprint density at radius 2 is 2.00 bits per heavy atom. The van der Waals surface area contributed by atoms with Crippen LogP contribution in [-0.4, -0.2) is 56.9 Å². The lowest BCUT2D eigenvalue weighted by Crippen LogP contribution is -2.39. The van der Waals surface area contributed by atoms with Crippen LogP contribution in [0.3, 0.4) is 0 Å². The Balaban J connectivity index is 0.000000731. The molecular formula is C33H35ClFN5O5S. The predicted octanol–water partition coefficient (Wildman–Crippen LogP) is 7.83. The van der Waals surface area contributed by atoms with Gasteiger partial charge in [-0.3, -0.25) is 4.90 Å². The molecule has 3 heterocycles. The highest BCUT2D eigenvalue weighted by atomic mass is 35.5. The van der Waals surface area contributed by atoms with Gasteiger partial charge in [-0.25, -0.2) is 23.9 Å². The third-order valence-corrected chi connectivity index (χ3v) is 7.70. The lowest BCUT2D eigenvalue weighted by Gasteiger charge is -2.26. The van der Waals surface area contributed by atoms with Gasteiger partial charge in [0.2, 0.25) is 0 Å². The van der Waals surface area contributed by atoms with Gasteiger partial charge < -0.3 is 25.2 Å². The number of thiophene rings is 1. The molecule has 13 heteroatoms. The summed E-state index contributed by atoms with van der Waals surface area (Å²) in [7, 11) is 0. The molecule has 242 valence electrons. The molecule has 1 aliphatic heterocycles. The van der Waals surface area contributed by atoms with Crippen LogP contribution >= 0.6 is 22.9 Å². The maximum atomic E-state index is 13.4. The van der Waals surface area contributed by atoms with Crippen molar-refractivity contribution < 1.29 is 28.6 Å². The minimum Gasteiger partial charge on any atom is -0.487 e. The van der Waals surface area contributed by atoms with E-state index < -0.39 is 11.7 Å². The average Bonchev–Trinajstić information content (AvgIpc) is 3.63. The number of carboxylic acid groups (broad SMARTS) is 1. The second-order valence-corrected chi connectivity index (χ2v) is 12.6. The second-order valence-electron chi connectivity index (χ2n) is 11.2. The van der Waals surface area contributed by atoms with Crippen molar-refractivity contribution in [3.8, 4) is 17.6 Å². The van der Waals surface area contributed by atoms with Crippen molar-refractivity contribution in [3.63, 3.8) is 0 Å². The van der Waals surface area contributed by atoms with E-state index in [0.29, 0.717) is 35.2 Å². The quantitative estimate of drug-likeness (QED) is 0.178. The molecule has 3 N–H and O–H groups in total. The number of anilines is 2. The zero-order valence-electron chi connectivity index (χ0n) is 25.9. The van der Waals surface area contributed by atoms with Gasteiger partial charge in [-0.2, -0.15) is 0 Å². The molecule has 2 aromatic heterocycles. The van der Waals surface area contributed by atoms with E-state index in [2.05, 4.69) is 32.4 Å². The number of likely N-dealkylation sites (tertiary alicyclic amines) is 1. The Kier molecular flexibility index (Phi) is 11.6. The highest BCUT2D eigenvalue weighted by molar-refractivity contribution is 7.20. The van der Waals surface area contributed by atoms with E-state index in [1.165, 1.54) is 29.8 Å². The van der Waals surface area contributed by atoms with Crippen molar-refractivity contribution in [1.29, 1.82) is 0 Å². The van der Waals surface area contributed by atoms with Crippen LogP contribution in [0.1, 0.15) is 51.0 Å². The molecule has 0 saturated carbocycles. The van der Waals surface area contributed by atoms with E-state index in [-0.39, 0.29) is 24.6 Å². The lowest BCUT2D eigenvalue weighted by molar-refractivity contribution is 0.0261. The maximum Gasteiger partial charge on any atom is 0.411 e. The molecule has 1 aliphatic rings. The Hall–Kier alpha value is -4.60. The minimum atomic E-state index is -0.961. The molecule has 0 aliphatic carbocycles. The number of aromatic nitrogens is 2. The van der Waals surface area contributed by atoms with Gasteiger partial charge in [0.1, 0.15) is 30.1 Å². The number of carbonyl (C=O) groups excluding carboxylic acids is 1. The molecule has 46 heavy (non-hydrogen) atoms. The first-order valence-electron chi connectivity index (χ1n) is 14.6. The average molecular weight is 668 g/mol. The summed E-state index contributed by atoms with van der Waals surface area (Å²) in [5, 5.41) is 13.6. The number of ether oxygens (including phenoxy) is 2. The third-order valence-electron chi connectivity index (χ3n) is 6.36. The highest BCUT2D eigenvalue weighted by Crippen LogP contribution is 2.33. The third kappa shape index (κ3) is 9.95. The van der Waals surface area contributed by atoms with Crippen LogP contribution in [0.15, 0.2) is 54.9 Å². The number of fused-ring (bicyclic) bond motifs is 1. The van der Waals surface area contributed by atoms with Gasteiger partial charge in [-0.05, 0) is 82.5 Å². The Labute approximate surface area is 275 Å². The van der Waals surface area contributed by atoms with Gasteiger partial charge in [-0.1, -0.05) is 35.6 Å². The van der Waals surface area contributed by atoms with Gasteiger partial charge >= 0.3 is 12.2 Å². The minimum absolute atomic E-state index is 0.187. The molecule has 4 aromatic rings. The molecule has 2 aromatic carbocycles. The van der Waals surface area contributed by atoms with Crippen LogP contribution in [0, 0.1) is 17.7 Å². The molecule has 2 amide bonds. The van der Waals surface area contributed by atoms with Crippen molar-refractivity contribution >= 4 is 56.8 Å². The number of benzene rings is 2.